The van der Waals surface area contributed by atoms with Gasteiger partial charge in [0.25, 0.3) is 5.91 Å². The van der Waals surface area contributed by atoms with Gasteiger partial charge >= 0.3 is 0 Å². The highest BCUT2D eigenvalue weighted by Gasteiger charge is 2.31. The van der Waals surface area contributed by atoms with Gasteiger partial charge in [-0.05, 0) is 25.1 Å². The summed E-state index contributed by atoms with van der Waals surface area (Å²) in [6.45, 7) is 4.23. The zero-order chi connectivity index (χ0) is 16.4. The SMILES string of the molecule is COc1ccccc1C1CNCCN1C(=O)c1ccc(C)n1C.Cl. The van der Waals surface area contributed by atoms with Crippen LogP contribution in [-0.2, 0) is 7.05 Å². The molecule has 2 heterocycles. The summed E-state index contributed by atoms with van der Waals surface area (Å²) in [6.07, 6.45) is 0. The molecule has 0 saturated carbocycles. The highest BCUT2D eigenvalue weighted by Crippen LogP contribution is 2.31. The van der Waals surface area contributed by atoms with Gasteiger partial charge in [0.15, 0.2) is 0 Å². The van der Waals surface area contributed by atoms with Crippen LogP contribution in [0.3, 0.4) is 0 Å². The van der Waals surface area contributed by atoms with Crippen LogP contribution in [-0.4, -0.2) is 42.1 Å². The normalized spacial score (nSPS) is 17.3. The average molecular weight is 350 g/mol. The number of halogens is 1. The van der Waals surface area contributed by atoms with E-state index in [0.717, 1.165) is 35.8 Å². The molecule has 2 aromatic rings. The van der Waals surface area contributed by atoms with E-state index < -0.39 is 0 Å². The van der Waals surface area contributed by atoms with E-state index >= 15 is 0 Å². The fourth-order valence-electron chi connectivity index (χ4n) is 3.14. The lowest BCUT2D eigenvalue weighted by Crippen LogP contribution is -2.49. The molecule has 1 aromatic heterocycles. The standard InChI is InChI=1S/C18H23N3O2.ClH/c1-13-8-9-15(20(13)2)18(22)21-11-10-19-12-16(21)14-6-4-5-7-17(14)23-3;/h4-9,16,19H,10-12H2,1-3H3;1H. The number of carbonyl (C=O) groups excluding carboxylic acids is 1. The van der Waals surface area contributed by atoms with Crippen LogP contribution in [0.15, 0.2) is 36.4 Å². The van der Waals surface area contributed by atoms with Crippen LogP contribution in [0.1, 0.15) is 27.8 Å². The summed E-state index contributed by atoms with van der Waals surface area (Å²) >= 11 is 0. The number of para-hydroxylation sites is 1. The summed E-state index contributed by atoms with van der Waals surface area (Å²) in [5.41, 5.74) is 2.85. The minimum absolute atomic E-state index is 0. The largest absolute Gasteiger partial charge is 0.496 e. The number of nitrogens with zero attached hydrogens (tertiary/aromatic N) is 2. The number of methoxy groups -OCH3 is 1. The van der Waals surface area contributed by atoms with E-state index in [2.05, 4.69) is 5.32 Å². The summed E-state index contributed by atoms with van der Waals surface area (Å²) in [6, 6.07) is 11.8. The van der Waals surface area contributed by atoms with Crippen molar-refractivity contribution in [3.8, 4) is 5.75 Å². The Morgan fingerprint density at radius 3 is 2.67 bits per heavy atom. The summed E-state index contributed by atoms with van der Waals surface area (Å²) < 4.78 is 7.44. The van der Waals surface area contributed by atoms with Crippen molar-refractivity contribution in [1.29, 1.82) is 0 Å². The Bertz CT molecular complexity index is 714. The van der Waals surface area contributed by atoms with Crippen molar-refractivity contribution in [2.45, 2.75) is 13.0 Å². The summed E-state index contributed by atoms with van der Waals surface area (Å²) in [5, 5.41) is 3.38. The minimum Gasteiger partial charge on any atom is -0.496 e. The Morgan fingerprint density at radius 1 is 1.25 bits per heavy atom. The Labute approximate surface area is 149 Å². The van der Waals surface area contributed by atoms with Crippen LogP contribution < -0.4 is 10.1 Å². The molecule has 0 spiro atoms. The second-order valence-electron chi connectivity index (χ2n) is 5.88. The number of hydrogen-bond donors (Lipinski definition) is 1. The topological polar surface area (TPSA) is 46.5 Å². The summed E-state index contributed by atoms with van der Waals surface area (Å²) in [5.74, 6) is 0.889. The molecular weight excluding hydrogens is 326 g/mol. The number of nitrogens with one attached hydrogen (secondary N) is 1. The monoisotopic (exact) mass is 349 g/mol. The first kappa shape index (κ1) is 18.4. The number of aryl methyl sites for hydroxylation is 1. The van der Waals surface area contributed by atoms with E-state index in [1.54, 1.807) is 7.11 Å². The van der Waals surface area contributed by atoms with Gasteiger partial charge in [-0.3, -0.25) is 4.79 Å². The number of piperazine rings is 1. The first-order valence-electron chi connectivity index (χ1n) is 7.90. The lowest BCUT2D eigenvalue weighted by molar-refractivity contribution is 0.0621. The maximum atomic E-state index is 13.1. The second kappa shape index (κ2) is 7.73. The smallest absolute Gasteiger partial charge is 0.271 e. The molecule has 1 atom stereocenters. The van der Waals surface area contributed by atoms with Gasteiger partial charge in [-0.15, -0.1) is 12.4 Å². The van der Waals surface area contributed by atoms with Crippen molar-refractivity contribution in [2.24, 2.45) is 7.05 Å². The number of amides is 1. The maximum Gasteiger partial charge on any atom is 0.271 e. The molecule has 1 fully saturated rings. The van der Waals surface area contributed by atoms with E-state index in [9.17, 15) is 4.79 Å². The molecule has 1 unspecified atom stereocenters. The molecule has 3 rings (SSSR count). The minimum atomic E-state index is -0.0254. The summed E-state index contributed by atoms with van der Waals surface area (Å²) in [7, 11) is 3.60. The lowest BCUT2D eigenvalue weighted by Gasteiger charge is -2.37. The van der Waals surface area contributed by atoms with Crippen molar-refractivity contribution in [3.63, 3.8) is 0 Å². The third-order valence-electron chi connectivity index (χ3n) is 4.59. The van der Waals surface area contributed by atoms with Crippen LogP contribution in [0.2, 0.25) is 0 Å². The van der Waals surface area contributed by atoms with Crippen LogP contribution in [0.5, 0.6) is 5.75 Å². The van der Waals surface area contributed by atoms with Gasteiger partial charge in [0.1, 0.15) is 11.4 Å². The number of carbonyl (C=O) groups is 1. The number of hydrogen-bond acceptors (Lipinski definition) is 3. The molecule has 6 heteroatoms. The van der Waals surface area contributed by atoms with Crippen molar-refractivity contribution in [1.82, 2.24) is 14.8 Å². The lowest BCUT2D eigenvalue weighted by atomic mass is 10.0. The van der Waals surface area contributed by atoms with Gasteiger partial charge in [-0.2, -0.15) is 0 Å². The van der Waals surface area contributed by atoms with Crippen molar-refractivity contribution >= 4 is 18.3 Å². The van der Waals surface area contributed by atoms with E-state index in [-0.39, 0.29) is 24.4 Å². The molecular formula is C18H24ClN3O2. The van der Waals surface area contributed by atoms with E-state index in [1.165, 1.54) is 0 Å². The Hall–Kier alpha value is -1.98. The molecule has 0 radical (unpaired) electrons. The molecule has 24 heavy (non-hydrogen) atoms. The molecule has 130 valence electrons. The third-order valence-corrected chi connectivity index (χ3v) is 4.59. The van der Waals surface area contributed by atoms with Crippen LogP contribution in [0, 0.1) is 6.92 Å². The van der Waals surface area contributed by atoms with Crippen molar-refractivity contribution in [2.75, 3.05) is 26.7 Å². The predicted molar refractivity (Wildman–Crippen MR) is 97.0 cm³/mol. The van der Waals surface area contributed by atoms with Gasteiger partial charge in [-0.1, -0.05) is 18.2 Å². The fraction of sp³-hybridized carbons (Fsp3) is 0.389. The van der Waals surface area contributed by atoms with Gasteiger partial charge in [0.05, 0.1) is 13.2 Å². The number of benzene rings is 1. The van der Waals surface area contributed by atoms with E-state index in [4.69, 9.17) is 4.74 Å². The first-order valence-corrected chi connectivity index (χ1v) is 7.90. The summed E-state index contributed by atoms with van der Waals surface area (Å²) in [4.78, 5) is 15.0. The highest BCUT2D eigenvalue weighted by molar-refractivity contribution is 5.93. The van der Waals surface area contributed by atoms with Gasteiger partial charge in [-0.25, -0.2) is 0 Å². The Kier molecular flexibility index (Phi) is 5.91. The van der Waals surface area contributed by atoms with Crippen LogP contribution in [0.25, 0.3) is 0 Å². The van der Waals surface area contributed by atoms with Crippen LogP contribution in [0.4, 0.5) is 0 Å². The molecule has 0 aliphatic carbocycles. The number of rotatable bonds is 3. The predicted octanol–water partition coefficient (Wildman–Crippen LogP) is 2.55. The zero-order valence-corrected chi connectivity index (χ0v) is 15.1. The first-order chi connectivity index (χ1) is 11.1. The maximum absolute atomic E-state index is 13.1. The highest BCUT2D eigenvalue weighted by atomic mass is 35.5. The van der Waals surface area contributed by atoms with Crippen molar-refractivity contribution in [3.05, 3.63) is 53.3 Å². The second-order valence-corrected chi connectivity index (χ2v) is 5.88. The van der Waals surface area contributed by atoms with Crippen LogP contribution >= 0.6 is 12.4 Å². The molecule has 1 aliphatic rings. The molecule has 1 N–H and O–H groups in total. The molecule has 1 aliphatic heterocycles. The van der Waals surface area contributed by atoms with Gasteiger partial charge in [0, 0.05) is 37.9 Å². The molecule has 1 aromatic carbocycles. The van der Waals surface area contributed by atoms with Crippen molar-refractivity contribution < 1.29 is 9.53 Å². The number of ether oxygens (including phenoxy) is 1. The fourth-order valence-corrected chi connectivity index (χ4v) is 3.14. The quantitative estimate of drug-likeness (QED) is 0.926. The molecule has 1 amide bonds. The van der Waals surface area contributed by atoms with Gasteiger partial charge in [0.2, 0.25) is 0 Å². The molecule has 5 nitrogen and oxygen atoms in total. The molecule has 0 bridgehead atoms. The van der Waals surface area contributed by atoms with E-state index in [1.807, 2.05) is 59.8 Å². The Balaban J connectivity index is 0.00000208. The van der Waals surface area contributed by atoms with E-state index in [0.29, 0.717) is 6.54 Å². The van der Waals surface area contributed by atoms with Gasteiger partial charge < -0.3 is 19.5 Å². The third kappa shape index (κ3) is 3.28. The zero-order valence-electron chi connectivity index (χ0n) is 14.3. The average Bonchev–Trinajstić information content (AvgIpc) is 2.93. The molecule has 1 saturated heterocycles. The number of aromatic nitrogens is 1. The Morgan fingerprint density at radius 2 is 2.00 bits per heavy atom.